The van der Waals surface area contributed by atoms with Crippen LogP contribution >= 0.6 is 0 Å². The van der Waals surface area contributed by atoms with Crippen LogP contribution in [0.2, 0.25) is 0 Å². The molecule has 0 aliphatic carbocycles. The van der Waals surface area contributed by atoms with Crippen molar-refractivity contribution in [3.63, 3.8) is 0 Å². The second kappa shape index (κ2) is 3.76. The van der Waals surface area contributed by atoms with Crippen molar-refractivity contribution in [2.45, 2.75) is 6.92 Å². The van der Waals surface area contributed by atoms with Gasteiger partial charge in [-0.25, -0.2) is 0 Å². The van der Waals surface area contributed by atoms with Crippen LogP contribution in [-0.2, 0) is 0 Å². The molecule has 3 heteroatoms. The molecular weight excluding hydrogens is 152 g/mol. The highest BCUT2D eigenvalue weighted by atomic mass is 16.4. The van der Waals surface area contributed by atoms with E-state index >= 15 is 0 Å². The predicted octanol–water partition coefficient (Wildman–Crippen LogP) is 1.93. The van der Waals surface area contributed by atoms with Gasteiger partial charge in [-0.15, -0.1) is 0 Å². The number of nitrogens with zero attached hydrogens (tertiary/aromatic N) is 2. The molecular formula is C9H12N2O. The lowest BCUT2D eigenvalue weighted by atomic mass is 10.3. The smallest absolute Gasteiger partial charge is 0.145 e. The molecule has 0 atom stereocenters. The topological polar surface area (TPSA) is 35.8 Å². The monoisotopic (exact) mass is 164 g/mol. The molecule has 0 aliphatic rings. The molecule has 0 bridgehead atoms. The molecule has 0 fully saturated rings. The minimum Gasteiger partial charge on any atom is -0.409 e. The normalized spacial score (nSPS) is 11.3. The summed E-state index contributed by atoms with van der Waals surface area (Å²) >= 11 is 0. The number of para-hydroxylation sites is 1. The first-order valence-electron chi connectivity index (χ1n) is 3.73. The fraction of sp³-hybridized carbons (Fsp3) is 0.222. The molecule has 1 aromatic carbocycles. The van der Waals surface area contributed by atoms with Gasteiger partial charge < -0.3 is 10.1 Å². The number of rotatable bonds is 1. The van der Waals surface area contributed by atoms with Gasteiger partial charge in [-0.2, -0.15) is 0 Å². The van der Waals surface area contributed by atoms with Crippen LogP contribution in [0.15, 0.2) is 35.5 Å². The lowest BCUT2D eigenvalue weighted by Crippen LogP contribution is -2.22. The van der Waals surface area contributed by atoms with E-state index in [9.17, 15) is 0 Å². The molecule has 0 spiro atoms. The third kappa shape index (κ3) is 1.75. The van der Waals surface area contributed by atoms with Crippen molar-refractivity contribution in [2.75, 3.05) is 11.9 Å². The summed E-state index contributed by atoms with van der Waals surface area (Å²) < 4.78 is 0. The van der Waals surface area contributed by atoms with Crippen molar-refractivity contribution in [3.8, 4) is 0 Å². The minimum atomic E-state index is 0.571. The standard InChI is InChI=1S/C9H12N2O/c1-8(10-12)11(2)9-6-4-3-5-7-9/h3-7,12H,1-2H3/b10-8-. The summed E-state index contributed by atoms with van der Waals surface area (Å²) in [7, 11) is 1.85. The van der Waals surface area contributed by atoms with Crippen molar-refractivity contribution in [1.29, 1.82) is 0 Å². The summed E-state index contributed by atoms with van der Waals surface area (Å²) in [6.45, 7) is 1.74. The van der Waals surface area contributed by atoms with E-state index in [2.05, 4.69) is 5.16 Å². The summed E-state index contributed by atoms with van der Waals surface area (Å²) in [5.74, 6) is 0.571. The molecule has 0 radical (unpaired) electrons. The van der Waals surface area contributed by atoms with Crippen LogP contribution in [0.5, 0.6) is 0 Å². The number of benzene rings is 1. The van der Waals surface area contributed by atoms with E-state index in [-0.39, 0.29) is 0 Å². The molecule has 0 unspecified atom stereocenters. The molecule has 0 aromatic heterocycles. The van der Waals surface area contributed by atoms with Gasteiger partial charge in [0.15, 0.2) is 0 Å². The molecule has 64 valence electrons. The quantitative estimate of drug-likeness (QED) is 0.298. The summed E-state index contributed by atoms with van der Waals surface area (Å²) in [4.78, 5) is 1.81. The van der Waals surface area contributed by atoms with Gasteiger partial charge in [0.25, 0.3) is 0 Å². The van der Waals surface area contributed by atoms with Crippen molar-refractivity contribution in [2.24, 2.45) is 5.16 Å². The number of hydrogen-bond donors (Lipinski definition) is 1. The fourth-order valence-corrected chi connectivity index (χ4v) is 0.906. The van der Waals surface area contributed by atoms with E-state index < -0.39 is 0 Å². The van der Waals surface area contributed by atoms with Crippen LogP contribution in [0.4, 0.5) is 5.69 Å². The first-order chi connectivity index (χ1) is 5.75. The second-order valence-corrected chi connectivity index (χ2v) is 2.54. The van der Waals surface area contributed by atoms with Crippen molar-refractivity contribution < 1.29 is 5.21 Å². The Balaban J connectivity index is 2.86. The number of hydrogen-bond acceptors (Lipinski definition) is 2. The fourth-order valence-electron chi connectivity index (χ4n) is 0.906. The Morgan fingerprint density at radius 3 is 2.42 bits per heavy atom. The van der Waals surface area contributed by atoms with Crippen LogP contribution in [0.25, 0.3) is 0 Å². The highest BCUT2D eigenvalue weighted by molar-refractivity contribution is 5.94. The first-order valence-corrected chi connectivity index (χ1v) is 3.73. The van der Waals surface area contributed by atoms with Gasteiger partial charge >= 0.3 is 0 Å². The summed E-state index contributed by atoms with van der Waals surface area (Å²) in [6, 6.07) is 9.74. The molecule has 1 rings (SSSR count). The van der Waals surface area contributed by atoms with E-state index in [1.807, 2.05) is 37.4 Å². The molecule has 1 N–H and O–H groups in total. The Labute approximate surface area is 71.9 Å². The van der Waals surface area contributed by atoms with Crippen LogP contribution < -0.4 is 4.90 Å². The van der Waals surface area contributed by atoms with Crippen molar-refractivity contribution in [1.82, 2.24) is 0 Å². The van der Waals surface area contributed by atoms with Gasteiger partial charge in [0, 0.05) is 12.7 Å². The molecule has 0 saturated carbocycles. The van der Waals surface area contributed by atoms with Crippen LogP contribution in [0, 0.1) is 0 Å². The average Bonchev–Trinajstić information content (AvgIpc) is 2.17. The third-order valence-corrected chi connectivity index (χ3v) is 1.77. The summed E-state index contributed by atoms with van der Waals surface area (Å²) in [5, 5.41) is 11.6. The van der Waals surface area contributed by atoms with Crippen LogP contribution in [-0.4, -0.2) is 18.1 Å². The van der Waals surface area contributed by atoms with Gasteiger partial charge in [0.2, 0.25) is 0 Å². The SMILES string of the molecule is C/C(=N/O)N(C)c1ccccc1. The Bertz CT molecular complexity index is 269. The first kappa shape index (κ1) is 8.59. The molecule has 1 aromatic rings. The largest absolute Gasteiger partial charge is 0.409 e. The molecule has 0 saturated heterocycles. The lowest BCUT2D eigenvalue weighted by molar-refractivity contribution is 0.317. The molecule has 0 heterocycles. The average molecular weight is 164 g/mol. The predicted molar refractivity (Wildman–Crippen MR) is 49.7 cm³/mol. The summed E-state index contributed by atoms with van der Waals surface area (Å²) in [5.41, 5.74) is 1.01. The van der Waals surface area contributed by atoms with Gasteiger partial charge in [0.1, 0.15) is 5.84 Å². The Morgan fingerprint density at radius 1 is 1.33 bits per heavy atom. The Hall–Kier alpha value is -1.51. The third-order valence-electron chi connectivity index (χ3n) is 1.77. The highest BCUT2D eigenvalue weighted by Gasteiger charge is 2.01. The molecule has 3 nitrogen and oxygen atoms in total. The number of anilines is 1. The molecule has 12 heavy (non-hydrogen) atoms. The minimum absolute atomic E-state index is 0.571. The lowest BCUT2D eigenvalue weighted by Gasteiger charge is -2.16. The van der Waals surface area contributed by atoms with Gasteiger partial charge in [-0.3, -0.25) is 0 Å². The summed E-state index contributed by atoms with van der Waals surface area (Å²) in [6.07, 6.45) is 0. The second-order valence-electron chi connectivity index (χ2n) is 2.54. The Kier molecular flexibility index (Phi) is 2.69. The molecule has 0 aliphatic heterocycles. The maximum Gasteiger partial charge on any atom is 0.145 e. The van der Waals surface area contributed by atoms with Crippen molar-refractivity contribution in [3.05, 3.63) is 30.3 Å². The van der Waals surface area contributed by atoms with E-state index in [4.69, 9.17) is 5.21 Å². The molecule has 0 amide bonds. The zero-order chi connectivity index (χ0) is 8.97. The zero-order valence-corrected chi connectivity index (χ0v) is 7.23. The maximum absolute atomic E-state index is 8.51. The van der Waals surface area contributed by atoms with Crippen LogP contribution in [0.3, 0.4) is 0 Å². The Morgan fingerprint density at radius 2 is 1.92 bits per heavy atom. The van der Waals surface area contributed by atoms with E-state index in [1.165, 1.54) is 0 Å². The zero-order valence-electron chi connectivity index (χ0n) is 7.23. The number of oxime groups is 1. The van der Waals surface area contributed by atoms with E-state index in [1.54, 1.807) is 11.8 Å². The van der Waals surface area contributed by atoms with Gasteiger partial charge in [0.05, 0.1) is 0 Å². The van der Waals surface area contributed by atoms with E-state index in [0.717, 1.165) is 5.69 Å². The van der Waals surface area contributed by atoms with E-state index in [0.29, 0.717) is 5.84 Å². The highest BCUT2D eigenvalue weighted by Crippen LogP contribution is 2.10. The van der Waals surface area contributed by atoms with Gasteiger partial charge in [-0.05, 0) is 19.1 Å². The van der Waals surface area contributed by atoms with Crippen LogP contribution in [0.1, 0.15) is 6.92 Å². The van der Waals surface area contributed by atoms with Crippen molar-refractivity contribution >= 4 is 11.5 Å². The van der Waals surface area contributed by atoms with Gasteiger partial charge in [-0.1, -0.05) is 23.4 Å². The number of amidine groups is 1. The maximum atomic E-state index is 8.51.